The van der Waals surface area contributed by atoms with E-state index in [4.69, 9.17) is 9.97 Å². The van der Waals surface area contributed by atoms with Crippen molar-refractivity contribution in [1.29, 1.82) is 5.26 Å². The van der Waals surface area contributed by atoms with Gasteiger partial charge in [0.2, 0.25) is 5.95 Å². The second-order valence-electron chi connectivity index (χ2n) is 23.5. The van der Waals surface area contributed by atoms with Crippen LogP contribution in [0.4, 0.5) is 0 Å². The maximum atomic E-state index is 10.6. The molecule has 0 radical (unpaired) electrons. The maximum Gasteiger partial charge on any atom is 0.237 e. The van der Waals surface area contributed by atoms with Crippen LogP contribution in [0.15, 0.2) is 340 Å². The summed E-state index contributed by atoms with van der Waals surface area (Å²) in [5, 5.41) is 27.3. The van der Waals surface area contributed by atoms with Crippen LogP contribution in [0.5, 0.6) is 0 Å². The van der Waals surface area contributed by atoms with Crippen molar-refractivity contribution in [1.82, 2.24) is 23.7 Å². The molecule has 0 N–H and O–H groups in total. The largest absolute Gasteiger partial charge is 0.309 e. The summed E-state index contributed by atoms with van der Waals surface area (Å²) in [4.78, 5) is 11.7. The smallest absolute Gasteiger partial charge is 0.237 e. The predicted octanol–water partition coefficient (Wildman–Crippen LogP) is 14.1. The first kappa shape index (κ1) is 53.5. The number of hydrogen-bond donors (Lipinski definition) is 0. The van der Waals surface area contributed by atoms with Gasteiger partial charge in [-0.25, -0.2) is 4.98 Å². The predicted molar refractivity (Wildman–Crippen MR) is 382 cm³/mol. The quantitative estimate of drug-likeness (QED) is 0.0904. The molecular formula is C83H56N6Si2. The van der Waals surface area contributed by atoms with Crippen LogP contribution in [0.25, 0.3) is 94.1 Å². The van der Waals surface area contributed by atoms with E-state index in [0.717, 1.165) is 88.2 Å². The van der Waals surface area contributed by atoms with E-state index in [0.29, 0.717) is 11.5 Å². The first-order valence-electron chi connectivity index (χ1n) is 30.9. The van der Waals surface area contributed by atoms with Gasteiger partial charge in [0.25, 0.3) is 0 Å². The van der Waals surface area contributed by atoms with Crippen molar-refractivity contribution in [2.24, 2.45) is 0 Å². The van der Waals surface area contributed by atoms with Crippen molar-refractivity contribution in [3.8, 4) is 34.8 Å². The topological polar surface area (TPSA) is 64.4 Å². The number of para-hydroxylation sites is 3. The summed E-state index contributed by atoms with van der Waals surface area (Å²) in [7, 11) is -5.91. The lowest BCUT2D eigenvalue weighted by atomic mass is 10.1. The first-order chi connectivity index (χ1) is 45.1. The van der Waals surface area contributed by atoms with Crippen LogP contribution >= 0.6 is 0 Å². The molecule has 0 saturated carbocycles. The van der Waals surface area contributed by atoms with Gasteiger partial charge in [0.05, 0.1) is 50.4 Å². The molecule has 0 amide bonds. The lowest BCUT2D eigenvalue weighted by Gasteiger charge is -2.34. The number of nitriles is 1. The average molecular weight is 1190 g/mol. The van der Waals surface area contributed by atoms with Crippen LogP contribution in [-0.4, -0.2) is 39.8 Å². The van der Waals surface area contributed by atoms with Crippen molar-refractivity contribution in [3.05, 3.63) is 345 Å². The Morgan fingerprint density at radius 3 is 1.21 bits per heavy atom. The molecule has 91 heavy (non-hydrogen) atoms. The van der Waals surface area contributed by atoms with Crippen molar-refractivity contribution in [2.75, 3.05) is 0 Å². The Morgan fingerprint density at radius 1 is 0.286 bits per heavy atom. The van der Waals surface area contributed by atoms with Crippen LogP contribution in [0.2, 0.25) is 0 Å². The fourth-order valence-corrected chi connectivity index (χ4v) is 24.6. The summed E-state index contributed by atoms with van der Waals surface area (Å²) in [6, 6.07) is 126. The van der Waals surface area contributed by atoms with Gasteiger partial charge >= 0.3 is 0 Å². The van der Waals surface area contributed by atoms with Gasteiger partial charge in [-0.2, -0.15) is 10.2 Å². The number of nitrogens with zero attached hydrogens (tertiary/aromatic N) is 6. The Labute approximate surface area is 528 Å². The van der Waals surface area contributed by atoms with Gasteiger partial charge in [0.1, 0.15) is 5.82 Å². The Hall–Kier alpha value is -11.7. The van der Waals surface area contributed by atoms with Crippen LogP contribution in [0, 0.1) is 11.3 Å². The molecule has 6 nitrogen and oxygen atoms in total. The number of aromatic nitrogens is 5. The van der Waals surface area contributed by atoms with E-state index < -0.39 is 16.1 Å². The van der Waals surface area contributed by atoms with E-state index in [1.807, 2.05) is 12.1 Å². The first-order valence-corrected chi connectivity index (χ1v) is 34.9. The van der Waals surface area contributed by atoms with Gasteiger partial charge in [-0.05, 0) is 96.1 Å². The van der Waals surface area contributed by atoms with Crippen molar-refractivity contribution >= 4 is 123 Å². The highest BCUT2D eigenvalue weighted by Gasteiger charge is 2.43. The molecule has 0 aliphatic carbocycles. The van der Waals surface area contributed by atoms with Crippen LogP contribution in [0.3, 0.4) is 0 Å². The van der Waals surface area contributed by atoms with Gasteiger partial charge < -0.3 is 4.57 Å². The number of hydrogen-bond acceptors (Lipinski definition) is 3. The molecule has 4 heterocycles. The lowest BCUT2D eigenvalue weighted by molar-refractivity contribution is 0.953. The molecule has 0 spiro atoms. The van der Waals surface area contributed by atoms with Gasteiger partial charge in [-0.1, -0.05) is 279 Å². The molecule has 17 aromatic rings. The van der Waals surface area contributed by atoms with E-state index >= 15 is 0 Å². The maximum absolute atomic E-state index is 10.6. The molecule has 0 atom stereocenters. The summed E-state index contributed by atoms with van der Waals surface area (Å²) in [6.07, 6.45) is 0. The minimum Gasteiger partial charge on any atom is -0.309 e. The average Bonchev–Trinajstić information content (AvgIpc) is 1.70. The van der Waals surface area contributed by atoms with Gasteiger partial charge in [0.15, 0.2) is 16.1 Å². The molecule has 426 valence electrons. The standard InChI is InChI=1S/C83H56N6Si2/c84-57-58-49-51-78-73(53-58)71-50-52-79-81(72-45-21-24-48-77(72)87(79)60-28-26-42-68(55-60)91(64-35-13-4-14-36-64,65-37-15-5-16-38-65)66-39-17-6-18-40-66)82(71)89(78)83-85-74(56-80(86-83)88-75-46-22-19-43-69(75)70-44-20-23-47-76(70)88)59-27-25-41-67(54-59)90(61-29-7-1-8-30-61,62-31-9-2-10-32-62)63-33-11-3-12-34-63/h1-56H. The lowest BCUT2D eigenvalue weighted by Crippen LogP contribution is -2.74. The molecule has 0 bridgehead atoms. The molecule has 4 aromatic heterocycles. The van der Waals surface area contributed by atoms with E-state index in [9.17, 15) is 5.26 Å². The van der Waals surface area contributed by atoms with Crippen molar-refractivity contribution in [2.45, 2.75) is 0 Å². The van der Waals surface area contributed by atoms with E-state index in [-0.39, 0.29) is 0 Å². The van der Waals surface area contributed by atoms with E-state index in [1.54, 1.807) is 0 Å². The fourth-order valence-electron chi connectivity index (χ4n) is 15.0. The van der Waals surface area contributed by atoms with Crippen molar-refractivity contribution in [3.63, 3.8) is 0 Å². The summed E-state index contributed by atoms with van der Waals surface area (Å²) in [5.41, 5.74) is 9.44. The Balaban J connectivity index is 0.961. The zero-order chi connectivity index (χ0) is 60.5. The van der Waals surface area contributed by atoms with Gasteiger partial charge in [-0.3, -0.25) is 9.13 Å². The highest BCUT2D eigenvalue weighted by molar-refractivity contribution is 7.20. The summed E-state index contributed by atoms with van der Waals surface area (Å²) < 4.78 is 7.03. The molecular weight excluding hydrogens is 1140 g/mol. The SMILES string of the molecule is N#Cc1ccc2c(c1)c1ccc3c(c4ccccc4n3-c3cccc([Si](c4ccccc4)(c4ccccc4)c4ccccc4)c3)c1n2-c1nc(-c2cccc([Si](c3ccccc3)(c3ccccc3)c3ccccc3)c2)cc(-n2c3ccccc3c3ccccc32)n1. The molecule has 17 rings (SSSR count). The van der Waals surface area contributed by atoms with Crippen LogP contribution in [-0.2, 0) is 0 Å². The summed E-state index contributed by atoms with van der Waals surface area (Å²) in [6.45, 7) is 0. The normalized spacial score (nSPS) is 11.9. The number of benzene rings is 13. The third-order valence-corrected chi connectivity index (χ3v) is 28.3. The molecule has 0 aliphatic heterocycles. The fraction of sp³-hybridized carbons (Fsp3) is 0. The van der Waals surface area contributed by atoms with Gasteiger partial charge in [-0.15, -0.1) is 0 Å². The van der Waals surface area contributed by atoms with Crippen molar-refractivity contribution < 1.29 is 0 Å². The van der Waals surface area contributed by atoms with Crippen LogP contribution in [0.1, 0.15) is 5.56 Å². The second kappa shape index (κ2) is 21.8. The molecule has 0 fully saturated rings. The highest BCUT2D eigenvalue weighted by atomic mass is 28.3. The molecule has 8 heteroatoms. The number of rotatable bonds is 12. The second-order valence-corrected chi connectivity index (χ2v) is 31.1. The van der Waals surface area contributed by atoms with Gasteiger partial charge in [0, 0.05) is 49.6 Å². The minimum atomic E-state index is -2.98. The highest BCUT2D eigenvalue weighted by Crippen LogP contribution is 2.43. The monoisotopic (exact) mass is 1190 g/mol. The minimum absolute atomic E-state index is 0.512. The van der Waals surface area contributed by atoms with Crippen LogP contribution < -0.4 is 41.5 Å². The van der Waals surface area contributed by atoms with E-state index in [1.165, 1.54) is 41.5 Å². The Morgan fingerprint density at radius 2 is 0.703 bits per heavy atom. The zero-order valence-corrected chi connectivity index (χ0v) is 51.5. The summed E-state index contributed by atoms with van der Waals surface area (Å²) in [5.74, 6) is 1.25. The third kappa shape index (κ3) is 8.37. The Kier molecular flexibility index (Phi) is 12.8. The zero-order valence-electron chi connectivity index (χ0n) is 49.5. The van der Waals surface area contributed by atoms with E-state index in [2.05, 4.69) is 347 Å². The number of fused-ring (bicyclic) bond motifs is 10. The summed E-state index contributed by atoms with van der Waals surface area (Å²) >= 11 is 0. The molecule has 13 aromatic carbocycles. The molecule has 0 unspecified atom stereocenters. The molecule has 0 saturated heterocycles. The third-order valence-electron chi connectivity index (χ3n) is 18.8. The molecule has 0 aliphatic rings. The Bertz CT molecular complexity index is 5410.